The number of carbonyl (C=O) groups excluding carboxylic acids is 1. The second-order valence-corrected chi connectivity index (χ2v) is 10.6. The molecule has 9 heteroatoms. The Kier molecular flexibility index (Phi) is 8.93. The quantitative estimate of drug-likeness (QED) is 0.532. The van der Waals surface area contributed by atoms with Crippen molar-refractivity contribution in [3.63, 3.8) is 0 Å². The predicted octanol–water partition coefficient (Wildman–Crippen LogP) is 3.28. The van der Waals surface area contributed by atoms with Crippen molar-refractivity contribution in [1.29, 1.82) is 0 Å². The highest BCUT2D eigenvalue weighted by Gasteiger charge is 2.24. The summed E-state index contributed by atoms with van der Waals surface area (Å²) >= 11 is 0. The molecule has 1 aliphatic heterocycles. The SMILES string of the molecule is COc1ccc(NS(=O)(=O)c2cc(C(=O)NC[C@@H](CC(C)C)N3CCOCC3)ccc2C)cc1. The molecule has 0 unspecified atom stereocenters. The second kappa shape index (κ2) is 11.7. The van der Waals surface area contributed by atoms with Crippen molar-refractivity contribution in [2.45, 2.75) is 38.1 Å². The lowest BCUT2D eigenvalue weighted by Crippen LogP contribution is -2.49. The van der Waals surface area contributed by atoms with Crippen molar-refractivity contribution in [3.05, 3.63) is 53.6 Å². The number of rotatable bonds is 10. The van der Waals surface area contributed by atoms with Crippen LogP contribution in [-0.4, -0.2) is 65.2 Å². The Bertz CT molecular complexity index is 1060. The van der Waals surface area contributed by atoms with Gasteiger partial charge in [0.2, 0.25) is 0 Å². The molecule has 0 aliphatic carbocycles. The molecular weight excluding hydrogens is 454 g/mol. The maximum Gasteiger partial charge on any atom is 0.262 e. The zero-order valence-corrected chi connectivity index (χ0v) is 21.2. The molecule has 2 aromatic carbocycles. The van der Waals surface area contributed by atoms with Gasteiger partial charge in [-0.3, -0.25) is 14.4 Å². The van der Waals surface area contributed by atoms with Gasteiger partial charge in [0.05, 0.1) is 25.2 Å². The van der Waals surface area contributed by atoms with E-state index in [1.165, 1.54) is 6.07 Å². The van der Waals surface area contributed by atoms with Gasteiger partial charge in [-0.1, -0.05) is 19.9 Å². The molecule has 0 saturated carbocycles. The van der Waals surface area contributed by atoms with E-state index in [1.807, 2.05) is 0 Å². The van der Waals surface area contributed by atoms with Gasteiger partial charge in [0.25, 0.3) is 15.9 Å². The summed E-state index contributed by atoms with van der Waals surface area (Å²) in [6, 6.07) is 11.6. The minimum atomic E-state index is -3.88. The van der Waals surface area contributed by atoms with Gasteiger partial charge in [0.1, 0.15) is 5.75 Å². The minimum Gasteiger partial charge on any atom is -0.497 e. The number of hydrogen-bond donors (Lipinski definition) is 2. The summed E-state index contributed by atoms with van der Waals surface area (Å²) in [5, 5.41) is 3.01. The van der Waals surface area contributed by atoms with E-state index < -0.39 is 10.0 Å². The first-order valence-corrected chi connectivity index (χ1v) is 13.1. The third-order valence-electron chi connectivity index (χ3n) is 5.89. The number of amides is 1. The maximum absolute atomic E-state index is 13.1. The van der Waals surface area contributed by atoms with Gasteiger partial charge in [-0.25, -0.2) is 8.42 Å². The molecule has 1 heterocycles. The second-order valence-electron chi connectivity index (χ2n) is 8.96. The van der Waals surface area contributed by atoms with E-state index in [2.05, 4.69) is 28.8 Å². The lowest BCUT2D eigenvalue weighted by atomic mass is 10.0. The van der Waals surface area contributed by atoms with Crippen LogP contribution in [0, 0.1) is 12.8 Å². The Labute approximate surface area is 202 Å². The summed E-state index contributed by atoms with van der Waals surface area (Å²) in [4.78, 5) is 15.4. The van der Waals surface area contributed by atoms with Crippen LogP contribution in [0.15, 0.2) is 47.4 Å². The molecule has 1 aliphatic rings. The smallest absolute Gasteiger partial charge is 0.262 e. The van der Waals surface area contributed by atoms with Crippen molar-refractivity contribution >= 4 is 21.6 Å². The van der Waals surface area contributed by atoms with E-state index in [0.29, 0.717) is 48.2 Å². The molecule has 34 heavy (non-hydrogen) atoms. The highest BCUT2D eigenvalue weighted by molar-refractivity contribution is 7.92. The first-order chi connectivity index (χ1) is 16.2. The number of methoxy groups -OCH3 is 1. The largest absolute Gasteiger partial charge is 0.497 e. The van der Waals surface area contributed by atoms with Crippen molar-refractivity contribution in [2.75, 3.05) is 44.7 Å². The molecule has 1 amide bonds. The lowest BCUT2D eigenvalue weighted by Gasteiger charge is -2.35. The molecular formula is C25H35N3O5S. The van der Waals surface area contributed by atoms with Crippen molar-refractivity contribution in [2.24, 2.45) is 5.92 Å². The van der Waals surface area contributed by atoms with E-state index in [0.717, 1.165) is 19.5 Å². The summed E-state index contributed by atoms with van der Waals surface area (Å²) in [7, 11) is -2.33. The van der Waals surface area contributed by atoms with E-state index in [9.17, 15) is 13.2 Å². The van der Waals surface area contributed by atoms with Crippen molar-refractivity contribution in [1.82, 2.24) is 10.2 Å². The van der Waals surface area contributed by atoms with Crippen LogP contribution in [0.25, 0.3) is 0 Å². The van der Waals surface area contributed by atoms with Crippen LogP contribution >= 0.6 is 0 Å². The molecule has 8 nitrogen and oxygen atoms in total. The van der Waals surface area contributed by atoms with Gasteiger partial charge < -0.3 is 14.8 Å². The average Bonchev–Trinajstić information content (AvgIpc) is 2.82. The van der Waals surface area contributed by atoms with Crippen LogP contribution < -0.4 is 14.8 Å². The first kappa shape index (κ1) is 26.0. The van der Waals surface area contributed by atoms with E-state index >= 15 is 0 Å². The van der Waals surface area contributed by atoms with E-state index in [1.54, 1.807) is 50.4 Å². The van der Waals surface area contributed by atoms with Gasteiger partial charge in [-0.15, -0.1) is 0 Å². The highest BCUT2D eigenvalue weighted by atomic mass is 32.2. The summed E-state index contributed by atoms with van der Waals surface area (Å²) in [5.41, 5.74) is 1.28. The number of sulfonamides is 1. The van der Waals surface area contributed by atoms with Crippen LogP contribution in [0.4, 0.5) is 5.69 Å². The molecule has 0 bridgehead atoms. The Morgan fingerprint density at radius 1 is 1.12 bits per heavy atom. The highest BCUT2D eigenvalue weighted by Crippen LogP contribution is 2.23. The first-order valence-electron chi connectivity index (χ1n) is 11.6. The molecule has 2 N–H and O–H groups in total. The summed E-state index contributed by atoms with van der Waals surface area (Å²) in [5.74, 6) is 0.832. The molecule has 0 aromatic heterocycles. The molecule has 0 spiro atoms. The lowest BCUT2D eigenvalue weighted by molar-refractivity contribution is 0.0124. The monoisotopic (exact) mass is 489 g/mol. The fourth-order valence-corrected chi connectivity index (χ4v) is 5.39. The molecule has 1 fully saturated rings. The third kappa shape index (κ3) is 6.94. The third-order valence-corrected chi connectivity index (χ3v) is 7.41. The molecule has 3 rings (SSSR count). The van der Waals surface area contributed by atoms with Crippen LogP contribution in [0.2, 0.25) is 0 Å². The summed E-state index contributed by atoms with van der Waals surface area (Å²) < 4.78 is 39.3. The van der Waals surface area contributed by atoms with Gasteiger partial charge >= 0.3 is 0 Å². The average molecular weight is 490 g/mol. The zero-order valence-electron chi connectivity index (χ0n) is 20.3. The van der Waals surface area contributed by atoms with Crippen LogP contribution in [0.5, 0.6) is 5.75 Å². The Morgan fingerprint density at radius 3 is 2.41 bits per heavy atom. The maximum atomic E-state index is 13.1. The Hall–Kier alpha value is -2.62. The summed E-state index contributed by atoms with van der Waals surface area (Å²) in [6.07, 6.45) is 0.958. The topological polar surface area (TPSA) is 97.0 Å². The molecule has 186 valence electrons. The van der Waals surface area contributed by atoms with Crippen molar-refractivity contribution in [3.8, 4) is 5.75 Å². The standard InChI is InChI=1S/C25H35N3O5S/c1-18(2)15-22(28-11-13-33-14-12-28)17-26-25(29)20-6-5-19(3)24(16-20)34(30,31)27-21-7-9-23(32-4)10-8-21/h5-10,16,18,22,27H,11-15,17H2,1-4H3,(H,26,29)/t22-/m1/s1. The molecule has 1 saturated heterocycles. The number of ether oxygens (including phenoxy) is 2. The zero-order chi connectivity index (χ0) is 24.7. The molecule has 1 atom stereocenters. The number of carbonyl (C=O) groups is 1. The fourth-order valence-electron chi connectivity index (χ4n) is 4.06. The Morgan fingerprint density at radius 2 is 1.79 bits per heavy atom. The predicted molar refractivity (Wildman–Crippen MR) is 133 cm³/mol. The van der Waals surface area contributed by atoms with Crippen LogP contribution in [-0.2, 0) is 14.8 Å². The number of benzene rings is 2. The number of anilines is 1. The number of nitrogens with zero attached hydrogens (tertiary/aromatic N) is 1. The normalized spacial score (nSPS) is 15.7. The van der Waals surface area contributed by atoms with Gasteiger partial charge in [-0.05, 0) is 61.2 Å². The fraction of sp³-hybridized carbons (Fsp3) is 0.480. The van der Waals surface area contributed by atoms with E-state index in [4.69, 9.17) is 9.47 Å². The Balaban J connectivity index is 1.72. The van der Waals surface area contributed by atoms with Gasteiger partial charge in [0, 0.05) is 36.9 Å². The van der Waals surface area contributed by atoms with Crippen molar-refractivity contribution < 1.29 is 22.7 Å². The number of aryl methyl sites for hydroxylation is 1. The van der Waals surface area contributed by atoms with Gasteiger partial charge in [0.15, 0.2) is 0 Å². The molecule has 0 radical (unpaired) electrons. The molecule has 2 aromatic rings. The number of hydrogen-bond acceptors (Lipinski definition) is 6. The van der Waals surface area contributed by atoms with Crippen LogP contribution in [0.1, 0.15) is 36.2 Å². The minimum absolute atomic E-state index is 0.0721. The number of morpholine rings is 1. The number of nitrogens with one attached hydrogen (secondary N) is 2. The summed E-state index contributed by atoms with van der Waals surface area (Å²) in [6.45, 7) is 9.63. The van der Waals surface area contributed by atoms with E-state index in [-0.39, 0.29) is 16.8 Å². The van der Waals surface area contributed by atoms with Crippen LogP contribution in [0.3, 0.4) is 0 Å². The van der Waals surface area contributed by atoms with Gasteiger partial charge in [-0.2, -0.15) is 0 Å².